The molecule has 2 N–H and O–H groups in total. The summed E-state index contributed by atoms with van der Waals surface area (Å²) >= 11 is 0. The lowest BCUT2D eigenvalue weighted by atomic mass is 9.82. The standard InChI is InChI=1S/C9H14BNO3.ClH/c1-9(2,3)14-8-4-7(10(12)13)5-11-6-8;/h4-6,12-13H,1-3H3;1H. The first-order chi connectivity index (χ1) is 6.38. The van der Waals surface area contributed by atoms with Gasteiger partial charge in [0, 0.05) is 11.7 Å². The van der Waals surface area contributed by atoms with Crippen molar-refractivity contribution in [2.45, 2.75) is 26.4 Å². The Morgan fingerprint density at radius 2 is 1.87 bits per heavy atom. The van der Waals surface area contributed by atoms with E-state index in [-0.39, 0.29) is 18.0 Å². The van der Waals surface area contributed by atoms with E-state index < -0.39 is 7.12 Å². The number of nitrogens with zero attached hydrogens (tertiary/aromatic N) is 1. The lowest BCUT2D eigenvalue weighted by molar-refractivity contribution is 0.130. The summed E-state index contributed by atoms with van der Waals surface area (Å²) < 4.78 is 5.51. The number of hydrogen-bond donors (Lipinski definition) is 2. The van der Waals surface area contributed by atoms with Crippen LogP contribution in [-0.4, -0.2) is 27.8 Å². The topological polar surface area (TPSA) is 62.6 Å². The van der Waals surface area contributed by atoms with Gasteiger partial charge in [0.15, 0.2) is 0 Å². The molecule has 6 heteroatoms. The van der Waals surface area contributed by atoms with Gasteiger partial charge >= 0.3 is 7.12 Å². The van der Waals surface area contributed by atoms with Gasteiger partial charge in [0.1, 0.15) is 11.4 Å². The molecule has 0 aromatic carbocycles. The van der Waals surface area contributed by atoms with Crippen LogP contribution in [0, 0.1) is 0 Å². The van der Waals surface area contributed by atoms with Crippen molar-refractivity contribution in [3.8, 4) is 5.75 Å². The Morgan fingerprint density at radius 1 is 1.27 bits per heavy atom. The van der Waals surface area contributed by atoms with Crippen LogP contribution in [-0.2, 0) is 0 Å². The second-order valence-corrected chi connectivity index (χ2v) is 4.04. The Hall–Kier alpha value is -0.775. The van der Waals surface area contributed by atoms with E-state index in [2.05, 4.69) is 4.98 Å². The first kappa shape index (κ1) is 14.2. The third-order valence-electron chi connectivity index (χ3n) is 1.46. The summed E-state index contributed by atoms with van der Waals surface area (Å²) in [7, 11) is -1.51. The van der Waals surface area contributed by atoms with Gasteiger partial charge in [-0.15, -0.1) is 12.4 Å². The second kappa shape index (κ2) is 5.35. The van der Waals surface area contributed by atoms with E-state index in [1.807, 2.05) is 20.8 Å². The van der Waals surface area contributed by atoms with Crippen LogP contribution in [0.5, 0.6) is 5.75 Å². The molecule has 0 saturated carbocycles. The van der Waals surface area contributed by atoms with E-state index in [1.54, 1.807) is 6.07 Å². The van der Waals surface area contributed by atoms with Crippen LogP contribution in [0.1, 0.15) is 20.8 Å². The zero-order valence-corrected chi connectivity index (χ0v) is 9.78. The van der Waals surface area contributed by atoms with E-state index in [0.717, 1.165) is 0 Å². The molecule has 0 aliphatic carbocycles. The van der Waals surface area contributed by atoms with Gasteiger partial charge in [0.05, 0.1) is 6.20 Å². The Morgan fingerprint density at radius 3 is 2.33 bits per heavy atom. The first-order valence-corrected chi connectivity index (χ1v) is 4.38. The summed E-state index contributed by atoms with van der Waals surface area (Å²) in [5.41, 5.74) is 0.00696. The molecule has 0 radical (unpaired) electrons. The number of halogens is 1. The molecule has 0 saturated heterocycles. The molecule has 0 aliphatic heterocycles. The van der Waals surface area contributed by atoms with Gasteiger partial charge in [-0.2, -0.15) is 0 Å². The highest BCUT2D eigenvalue weighted by molar-refractivity contribution is 6.58. The van der Waals surface area contributed by atoms with Crippen molar-refractivity contribution in [3.63, 3.8) is 0 Å². The highest BCUT2D eigenvalue weighted by Gasteiger charge is 2.15. The smallest absolute Gasteiger partial charge is 0.487 e. The molecule has 0 amide bonds. The van der Waals surface area contributed by atoms with Crippen LogP contribution in [0.25, 0.3) is 0 Å². The summed E-state index contributed by atoms with van der Waals surface area (Å²) in [6.45, 7) is 5.74. The van der Waals surface area contributed by atoms with E-state index in [9.17, 15) is 0 Å². The highest BCUT2D eigenvalue weighted by atomic mass is 35.5. The highest BCUT2D eigenvalue weighted by Crippen LogP contribution is 2.14. The van der Waals surface area contributed by atoms with Crippen LogP contribution in [0.2, 0.25) is 0 Å². The maximum Gasteiger partial charge on any atom is 0.490 e. The molecule has 1 aromatic heterocycles. The van der Waals surface area contributed by atoms with Crippen molar-refractivity contribution in [1.29, 1.82) is 0 Å². The normalized spacial score (nSPS) is 10.5. The number of aromatic nitrogens is 1. The molecular weight excluding hydrogens is 216 g/mol. The minimum atomic E-state index is -1.51. The molecule has 1 aromatic rings. The largest absolute Gasteiger partial charge is 0.490 e. The first-order valence-electron chi connectivity index (χ1n) is 4.38. The average molecular weight is 231 g/mol. The third-order valence-corrected chi connectivity index (χ3v) is 1.46. The summed E-state index contributed by atoms with van der Waals surface area (Å²) in [5.74, 6) is 0.531. The van der Waals surface area contributed by atoms with E-state index in [4.69, 9.17) is 14.8 Å². The number of rotatable bonds is 2. The minimum absolute atomic E-state index is 0. The monoisotopic (exact) mass is 231 g/mol. The second-order valence-electron chi connectivity index (χ2n) is 4.04. The molecule has 0 atom stereocenters. The Bertz CT molecular complexity index is 314. The van der Waals surface area contributed by atoms with Gasteiger partial charge in [-0.1, -0.05) is 0 Å². The molecule has 4 nitrogen and oxygen atoms in total. The van der Waals surface area contributed by atoms with Gasteiger partial charge < -0.3 is 14.8 Å². The van der Waals surface area contributed by atoms with Crippen molar-refractivity contribution in [2.24, 2.45) is 0 Å². The Kier molecular flexibility index (Phi) is 5.07. The van der Waals surface area contributed by atoms with Gasteiger partial charge in [0.25, 0.3) is 0 Å². The van der Waals surface area contributed by atoms with Crippen LogP contribution in [0.15, 0.2) is 18.5 Å². The fourth-order valence-electron chi connectivity index (χ4n) is 0.986. The summed E-state index contributed by atoms with van der Waals surface area (Å²) in [6, 6.07) is 1.56. The number of ether oxygens (including phenoxy) is 1. The van der Waals surface area contributed by atoms with Crippen molar-refractivity contribution >= 4 is 25.0 Å². The van der Waals surface area contributed by atoms with Crippen LogP contribution in [0.3, 0.4) is 0 Å². The van der Waals surface area contributed by atoms with Gasteiger partial charge in [0.2, 0.25) is 0 Å². The molecule has 0 spiro atoms. The fraction of sp³-hybridized carbons (Fsp3) is 0.444. The zero-order chi connectivity index (χ0) is 10.8. The quantitative estimate of drug-likeness (QED) is 0.722. The number of pyridine rings is 1. The van der Waals surface area contributed by atoms with Crippen molar-refractivity contribution in [1.82, 2.24) is 4.98 Å². The lowest BCUT2D eigenvalue weighted by Gasteiger charge is -2.21. The van der Waals surface area contributed by atoms with E-state index >= 15 is 0 Å². The van der Waals surface area contributed by atoms with Gasteiger partial charge in [-0.3, -0.25) is 4.98 Å². The molecule has 0 bridgehead atoms. The summed E-state index contributed by atoms with van der Waals surface area (Å²) in [5, 5.41) is 17.8. The molecule has 1 heterocycles. The van der Waals surface area contributed by atoms with E-state index in [1.165, 1.54) is 12.4 Å². The average Bonchev–Trinajstić information content (AvgIpc) is 2.01. The molecular formula is C9H15BClNO3. The lowest BCUT2D eigenvalue weighted by Crippen LogP contribution is -2.31. The fourth-order valence-corrected chi connectivity index (χ4v) is 0.986. The maximum atomic E-state index is 8.91. The number of hydrogen-bond acceptors (Lipinski definition) is 4. The molecule has 0 aliphatic rings. The van der Waals surface area contributed by atoms with Crippen LogP contribution in [0.4, 0.5) is 0 Å². The van der Waals surface area contributed by atoms with Crippen molar-refractivity contribution in [3.05, 3.63) is 18.5 Å². The minimum Gasteiger partial charge on any atom is -0.487 e. The van der Waals surface area contributed by atoms with Gasteiger partial charge in [-0.25, -0.2) is 0 Å². The molecule has 0 fully saturated rings. The maximum absolute atomic E-state index is 8.91. The molecule has 84 valence electrons. The van der Waals surface area contributed by atoms with Crippen LogP contribution < -0.4 is 10.2 Å². The predicted molar refractivity (Wildman–Crippen MR) is 61.7 cm³/mol. The van der Waals surface area contributed by atoms with Crippen LogP contribution >= 0.6 is 12.4 Å². The molecule has 1 rings (SSSR count). The van der Waals surface area contributed by atoms with Gasteiger partial charge in [-0.05, 0) is 26.8 Å². The summed E-state index contributed by atoms with van der Waals surface area (Å²) in [6.07, 6.45) is 2.93. The zero-order valence-electron chi connectivity index (χ0n) is 8.97. The van der Waals surface area contributed by atoms with Crippen molar-refractivity contribution < 1.29 is 14.8 Å². The molecule has 15 heavy (non-hydrogen) atoms. The Labute approximate surface area is 95.9 Å². The van der Waals surface area contributed by atoms with E-state index in [0.29, 0.717) is 11.2 Å². The van der Waals surface area contributed by atoms with Crippen molar-refractivity contribution in [2.75, 3.05) is 0 Å². The summed E-state index contributed by atoms with van der Waals surface area (Å²) in [4.78, 5) is 3.85. The molecule has 0 unspecified atom stereocenters. The predicted octanol–water partition coefficient (Wildman–Crippen LogP) is 0.360. The third kappa shape index (κ3) is 5.02. The SMILES string of the molecule is CC(C)(C)Oc1cncc(B(O)O)c1.Cl. The Balaban J connectivity index is 0.00000196.